The molecule has 1 rings (SSSR count). The van der Waals surface area contributed by atoms with E-state index < -0.39 is 6.10 Å². The second-order valence-electron chi connectivity index (χ2n) is 4.82. The number of aromatic nitrogens is 2. The molecular formula is C13H23ClN2O2. The minimum absolute atomic E-state index is 0.336. The molecule has 0 amide bonds. The molecule has 0 saturated heterocycles. The van der Waals surface area contributed by atoms with Gasteiger partial charge in [0.2, 0.25) is 0 Å². The maximum absolute atomic E-state index is 10.1. The van der Waals surface area contributed by atoms with E-state index in [1.165, 1.54) is 0 Å². The molecule has 0 aliphatic carbocycles. The molecule has 18 heavy (non-hydrogen) atoms. The second-order valence-corrected chi connectivity index (χ2v) is 5.19. The van der Waals surface area contributed by atoms with E-state index in [0.29, 0.717) is 30.4 Å². The molecule has 2 unspecified atom stereocenters. The SMILES string of the molecule is CCn1nc(C)c(Cl)c1CC(O)CC(C)COC. The maximum atomic E-state index is 10.1. The molecule has 0 radical (unpaired) electrons. The van der Waals surface area contributed by atoms with Gasteiger partial charge in [-0.2, -0.15) is 5.10 Å². The third-order valence-corrected chi connectivity index (χ3v) is 3.50. The fraction of sp³-hybridized carbons (Fsp3) is 0.769. The first-order valence-corrected chi connectivity index (χ1v) is 6.76. The van der Waals surface area contributed by atoms with Gasteiger partial charge in [0, 0.05) is 26.7 Å². The average molecular weight is 275 g/mol. The molecule has 1 aromatic rings. The van der Waals surface area contributed by atoms with Gasteiger partial charge < -0.3 is 9.84 Å². The Morgan fingerprint density at radius 3 is 2.72 bits per heavy atom. The van der Waals surface area contributed by atoms with Crippen LogP contribution in [0.2, 0.25) is 5.02 Å². The van der Waals surface area contributed by atoms with Gasteiger partial charge in [0.05, 0.1) is 22.5 Å². The number of halogens is 1. The van der Waals surface area contributed by atoms with Crippen molar-refractivity contribution in [2.45, 2.75) is 46.3 Å². The molecule has 4 nitrogen and oxygen atoms in total. The van der Waals surface area contributed by atoms with Gasteiger partial charge in [0.15, 0.2) is 0 Å². The standard InChI is InChI=1S/C13H23ClN2O2/c1-5-16-12(13(14)10(3)15-16)7-11(17)6-9(2)8-18-4/h9,11,17H,5-8H2,1-4H3. The molecule has 2 atom stereocenters. The van der Waals surface area contributed by atoms with E-state index in [0.717, 1.165) is 17.9 Å². The number of aliphatic hydroxyl groups is 1. The molecule has 0 saturated carbocycles. The highest BCUT2D eigenvalue weighted by atomic mass is 35.5. The Hall–Kier alpha value is -0.580. The lowest BCUT2D eigenvalue weighted by atomic mass is 10.0. The van der Waals surface area contributed by atoms with E-state index in [1.54, 1.807) is 7.11 Å². The smallest absolute Gasteiger partial charge is 0.0848 e. The van der Waals surface area contributed by atoms with Crippen molar-refractivity contribution in [1.29, 1.82) is 0 Å². The number of ether oxygens (including phenoxy) is 1. The summed E-state index contributed by atoms with van der Waals surface area (Å²) in [6, 6.07) is 0. The minimum Gasteiger partial charge on any atom is -0.393 e. The molecule has 0 aliphatic rings. The van der Waals surface area contributed by atoms with Gasteiger partial charge in [-0.1, -0.05) is 18.5 Å². The molecule has 1 heterocycles. The number of aryl methyl sites for hydroxylation is 2. The van der Waals surface area contributed by atoms with Crippen molar-refractivity contribution in [3.63, 3.8) is 0 Å². The Bertz CT molecular complexity index is 379. The zero-order chi connectivity index (χ0) is 13.7. The minimum atomic E-state index is -0.408. The Morgan fingerprint density at radius 1 is 1.50 bits per heavy atom. The molecule has 1 N–H and O–H groups in total. The van der Waals surface area contributed by atoms with Crippen LogP contribution in [0.1, 0.15) is 31.7 Å². The highest BCUT2D eigenvalue weighted by Crippen LogP contribution is 2.23. The van der Waals surface area contributed by atoms with Crippen LogP contribution in [-0.4, -0.2) is 34.7 Å². The van der Waals surface area contributed by atoms with E-state index in [-0.39, 0.29) is 0 Å². The Balaban J connectivity index is 2.66. The van der Waals surface area contributed by atoms with Gasteiger partial charge in [0.25, 0.3) is 0 Å². The zero-order valence-corrected chi connectivity index (χ0v) is 12.4. The third kappa shape index (κ3) is 3.97. The largest absolute Gasteiger partial charge is 0.393 e. The molecule has 5 heteroatoms. The molecule has 0 bridgehead atoms. The third-order valence-electron chi connectivity index (χ3n) is 3.01. The van der Waals surface area contributed by atoms with Crippen LogP contribution in [-0.2, 0) is 17.7 Å². The van der Waals surface area contributed by atoms with E-state index in [1.807, 2.05) is 18.5 Å². The number of aliphatic hydroxyl groups excluding tert-OH is 1. The lowest BCUT2D eigenvalue weighted by Crippen LogP contribution is -2.19. The van der Waals surface area contributed by atoms with Crippen LogP contribution in [0.5, 0.6) is 0 Å². The van der Waals surface area contributed by atoms with Crippen LogP contribution in [0.3, 0.4) is 0 Å². The van der Waals surface area contributed by atoms with Gasteiger partial charge in [-0.05, 0) is 26.2 Å². The fourth-order valence-electron chi connectivity index (χ4n) is 2.19. The first kappa shape index (κ1) is 15.5. The van der Waals surface area contributed by atoms with E-state index in [4.69, 9.17) is 16.3 Å². The first-order valence-electron chi connectivity index (χ1n) is 6.38. The van der Waals surface area contributed by atoms with Gasteiger partial charge in [-0.25, -0.2) is 0 Å². The molecule has 0 aliphatic heterocycles. The van der Waals surface area contributed by atoms with Crippen LogP contribution in [0, 0.1) is 12.8 Å². The Morgan fingerprint density at radius 2 is 2.17 bits per heavy atom. The molecule has 1 aromatic heterocycles. The predicted octanol–water partition coefficient (Wildman–Crippen LogP) is 2.44. The van der Waals surface area contributed by atoms with E-state index in [9.17, 15) is 5.11 Å². The molecule has 0 spiro atoms. The van der Waals surface area contributed by atoms with Crippen molar-refractivity contribution in [1.82, 2.24) is 9.78 Å². The summed E-state index contributed by atoms with van der Waals surface area (Å²) in [4.78, 5) is 0. The zero-order valence-electron chi connectivity index (χ0n) is 11.6. The summed E-state index contributed by atoms with van der Waals surface area (Å²) in [7, 11) is 1.68. The topological polar surface area (TPSA) is 47.3 Å². The summed E-state index contributed by atoms with van der Waals surface area (Å²) in [6.45, 7) is 7.40. The summed E-state index contributed by atoms with van der Waals surface area (Å²) in [5.41, 5.74) is 1.75. The Kier molecular flexibility index (Phi) is 6.12. The normalized spacial score (nSPS) is 14.8. The molecule has 104 valence electrons. The van der Waals surface area contributed by atoms with Crippen molar-refractivity contribution < 1.29 is 9.84 Å². The highest BCUT2D eigenvalue weighted by molar-refractivity contribution is 6.31. The lowest BCUT2D eigenvalue weighted by Gasteiger charge is -2.16. The summed E-state index contributed by atoms with van der Waals surface area (Å²) >= 11 is 6.22. The molecule has 0 aromatic carbocycles. The van der Waals surface area contributed by atoms with Crippen LogP contribution in [0.4, 0.5) is 0 Å². The van der Waals surface area contributed by atoms with Gasteiger partial charge in [-0.15, -0.1) is 0 Å². The number of rotatable bonds is 7. The van der Waals surface area contributed by atoms with Gasteiger partial charge >= 0.3 is 0 Å². The van der Waals surface area contributed by atoms with Crippen LogP contribution in [0.25, 0.3) is 0 Å². The number of hydrogen-bond donors (Lipinski definition) is 1. The van der Waals surface area contributed by atoms with Crippen molar-refractivity contribution >= 4 is 11.6 Å². The van der Waals surface area contributed by atoms with Crippen molar-refractivity contribution in [2.75, 3.05) is 13.7 Å². The number of hydrogen-bond acceptors (Lipinski definition) is 3. The summed E-state index contributed by atoms with van der Waals surface area (Å²) in [5, 5.41) is 15.1. The predicted molar refractivity (Wildman–Crippen MR) is 73.0 cm³/mol. The van der Waals surface area contributed by atoms with Crippen molar-refractivity contribution in [3.8, 4) is 0 Å². The quantitative estimate of drug-likeness (QED) is 0.831. The first-order chi connectivity index (χ1) is 8.49. The molecular weight excluding hydrogens is 252 g/mol. The second kappa shape index (κ2) is 7.12. The number of nitrogens with zero attached hydrogens (tertiary/aromatic N) is 2. The van der Waals surface area contributed by atoms with E-state index in [2.05, 4.69) is 12.0 Å². The fourth-order valence-corrected chi connectivity index (χ4v) is 2.40. The Labute approximate surface area is 114 Å². The summed E-state index contributed by atoms with van der Waals surface area (Å²) in [6.07, 6.45) is 0.841. The lowest BCUT2D eigenvalue weighted by molar-refractivity contribution is 0.100. The highest BCUT2D eigenvalue weighted by Gasteiger charge is 2.18. The van der Waals surface area contributed by atoms with Crippen molar-refractivity contribution in [2.24, 2.45) is 5.92 Å². The van der Waals surface area contributed by atoms with Crippen LogP contribution < -0.4 is 0 Å². The van der Waals surface area contributed by atoms with Crippen molar-refractivity contribution in [3.05, 3.63) is 16.4 Å². The maximum Gasteiger partial charge on any atom is 0.0848 e. The van der Waals surface area contributed by atoms with E-state index >= 15 is 0 Å². The molecule has 0 fully saturated rings. The monoisotopic (exact) mass is 274 g/mol. The van der Waals surface area contributed by atoms with Gasteiger partial charge in [0.1, 0.15) is 0 Å². The van der Waals surface area contributed by atoms with Crippen LogP contribution >= 0.6 is 11.6 Å². The number of methoxy groups -OCH3 is 1. The average Bonchev–Trinajstić information content (AvgIpc) is 2.57. The van der Waals surface area contributed by atoms with Gasteiger partial charge in [-0.3, -0.25) is 4.68 Å². The van der Waals surface area contributed by atoms with Crippen LogP contribution in [0.15, 0.2) is 0 Å². The summed E-state index contributed by atoms with van der Waals surface area (Å²) < 4.78 is 6.94. The summed E-state index contributed by atoms with van der Waals surface area (Å²) in [5.74, 6) is 0.336.